The summed E-state index contributed by atoms with van der Waals surface area (Å²) in [7, 11) is 1.69. The van der Waals surface area contributed by atoms with Crippen LogP contribution in [-0.2, 0) is 12.8 Å². The van der Waals surface area contributed by atoms with Gasteiger partial charge < -0.3 is 9.64 Å². The Morgan fingerprint density at radius 3 is 2.89 bits per heavy atom. The molecule has 1 aliphatic heterocycles. The van der Waals surface area contributed by atoms with Crippen molar-refractivity contribution < 1.29 is 9.53 Å². The van der Waals surface area contributed by atoms with E-state index in [2.05, 4.69) is 6.92 Å². The van der Waals surface area contributed by atoms with Crippen LogP contribution in [0.25, 0.3) is 0 Å². The van der Waals surface area contributed by atoms with Crippen LogP contribution in [0.4, 0.5) is 0 Å². The van der Waals surface area contributed by atoms with E-state index in [4.69, 9.17) is 4.74 Å². The Morgan fingerprint density at radius 1 is 1.32 bits per heavy atom. The molecule has 0 N–H and O–H groups in total. The van der Waals surface area contributed by atoms with Crippen molar-refractivity contribution in [3.8, 4) is 5.75 Å². The van der Waals surface area contributed by atoms with Crippen LogP contribution in [0, 0.1) is 0 Å². The number of carbonyl (C=O) groups excluding carboxylic acids is 1. The monoisotopic (exact) mass is 279 g/mol. The number of carbonyl (C=O) groups is 1. The van der Waals surface area contributed by atoms with Gasteiger partial charge in [0.25, 0.3) is 5.91 Å². The highest BCUT2D eigenvalue weighted by atomic mass is 32.1. The molecule has 0 spiro atoms. The highest BCUT2D eigenvalue weighted by Crippen LogP contribution is 2.41. The minimum absolute atomic E-state index is 0.184. The first-order valence-corrected chi connectivity index (χ1v) is 8.03. The van der Waals surface area contributed by atoms with Gasteiger partial charge in [0.1, 0.15) is 10.6 Å². The number of hydrogen-bond acceptors (Lipinski definition) is 3. The van der Waals surface area contributed by atoms with Crippen molar-refractivity contribution >= 4 is 17.2 Å². The van der Waals surface area contributed by atoms with E-state index in [1.807, 2.05) is 4.90 Å². The molecule has 2 aliphatic rings. The molecule has 0 aromatic carbocycles. The third-order valence-corrected chi connectivity index (χ3v) is 5.60. The average Bonchev–Trinajstić information content (AvgIpc) is 2.98. The van der Waals surface area contributed by atoms with Gasteiger partial charge in [0.05, 0.1) is 7.11 Å². The SMILES string of the molecule is COc1c(C(=O)N2CCCCC2C)sc2c1CCC2. The van der Waals surface area contributed by atoms with Crippen LogP contribution in [0.1, 0.15) is 52.7 Å². The smallest absolute Gasteiger partial charge is 0.268 e. The first-order valence-electron chi connectivity index (χ1n) is 7.22. The Bertz CT molecular complexity index is 495. The third-order valence-electron chi connectivity index (χ3n) is 4.33. The van der Waals surface area contributed by atoms with Crippen molar-refractivity contribution in [2.75, 3.05) is 13.7 Å². The van der Waals surface area contributed by atoms with E-state index < -0.39 is 0 Å². The van der Waals surface area contributed by atoms with E-state index in [0.29, 0.717) is 6.04 Å². The lowest BCUT2D eigenvalue weighted by Crippen LogP contribution is -2.41. The molecule has 0 radical (unpaired) electrons. The number of methoxy groups -OCH3 is 1. The fraction of sp³-hybridized carbons (Fsp3) is 0.667. The quantitative estimate of drug-likeness (QED) is 0.831. The molecule has 1 saturated heterocycles. The van der Waals surface area contributed by atoms with Crippen molar-refractivity contribution in [2.24, 2.45) is 0 Å². The lowest BCUT2D eigenvalue weighted by atomic mass is 10.0. The number of thiophene rings is 1. The second-order valence-electron chi connectivity index (χ2n) is 5.56. The van der Waals surface area contributed by atoms with Gasteiger partial charge in [-0.15, -0.1) is 11.3 Å². The van der Waals surface area contributed by atoms with E-state index in [9.17, 15) is 4.79 Å². The maximum atomic E-state index is 12.8. The maximum absolute atomic E-state index is 12.8. The van der Waals surface area contributed by atoms with Gasteiger partial charge in [0.2, 0.25) is 0 Å². The van der Waals surface area contributed by atoms with E-state index in [0.717, 1.165) is 42.9 Å². The molecule has 0 saturated carbocycles. The summed E-state index contributed by atoms with van der Waals surface area (Å²) < 4.78 is 5.54. The number of aryl methyl sites for hydroxylation is 1. The molecule has 104 valence electrons. The van der Waals surface area contributed by atoms with Crippen molar-refractivity contribution in [1.29, 1.82) is 0 Å². The fourth-order valence-electron chi connectivity index (χ4n) is 3.26. The predicted molar refractivity (Wildman–Crippen MR) is 77.2 cm³/mol. The zero-order valence-corrected chi connectivity index (χ0v) is 12.5. The zero-order chi connectivity index (χ0) is 13.4. The van der Waals surface area contributed by atoms with Crippen molar-refractivity contribution in [3.05, 3.63) is 15.3 Å². The Labute approximate surface area is 118 Å². The minimum Gasteiger partial charge on any atom is -0.495 e. The number of ether oxygens (including phenoxy) is 1. The Kier molecular flexibility index (Phi) is 3.52. The van der Waals surface area contributed by atoms with E-state index >= 15 is 0 Å². The molecular weight excluding hydrogens is 258 g/mol. The van der Waals surface area contributed by atoms with Crippen molar-refractivity contribution in [3.63, 3.8) is 0 Å². The lowest BCUT2D eigenvalue weighted by molar-refractivity contribution is 0.0637. The highest BCUT2D eigenvalue weighted by Gasteiger charge is 2.31. The second kappa shape index (κ2) is 5.16. The molecule has 3 nitrogen and oxygen atoms in total. The van der Waals surface area contributed by atoms with Gasteiger partial charge in [-0.1, -0.05) is 0 Å². The number of amides is 1. The first kappa shape index (κ1) is 13.0. The second-order valence-corrected chi connectivity index (χ2v) is 6.67. The van der Waals surface area contributed by atoms with Gasteiger partial charge >= 0.3 is 0 Å². The van der Waals surface area contributed by atoms with Gasteiger partial charge in [0, 0.05) is 23.0 Å². The Balaban J connectivity index is 1.91. The summed E-state index contributed by atoms with van der Waals surface area (Å²) in [6.45, 7) is 3.05. The van der Waals surface area contributed by atoms with Crippen LogP contribution < -0.4 is 4.74 Å². The third kappa shape index (κ3) is 2.16. The molecule has 1 amide bonds. The molecule has 0 bridgehead atoms. The topological polar surface area (TPSA) is 29.5 Å². The zero-order valence-electron chi connectivity index (χ0n) is 11.7. The minimum atomic E-state index is 0.184. The number of fused-ring (bicyclic) bond motifs is 1. The van der Waals surface area contributed by atoms with E-state index in [-0.39, 0.29) is 5.91 Å². The molecular formula is C15H21NO2S. The van der Waals surface area contributed by atoms with Crippen LogP contribution in [-0.4, -0.2) is 30.5 Å². The van der Waals surface area contributed by atoms with Gasteiger partial charge in [-0.05, 0) is 45.4 Å². The van der Waals surface area contributed by atoms with Gasteiger partial charge in [0.15, 0.2) is 0 Å². The summed E-state index contributed by atoms with van der Waals surface area (Å²) in [5, 5.41) is 0. The lowest BCUT2D eigenvalue weighted by Gasteiger charge is -2.33. The van der Waals surface area contributed by atoms with Crippen molar-refractivity contribution in [1.82, 2.24) is 4.90 Å². The van der Waals surface area contributed by atoms with Gasteiger partial charge in [-0.25, -0.2) is 0 Å². The summed E-state index contributed by atoms with van der Waals surface area (Å²) in [5.41, 5.74) is 1.29. The summed E-state index contributed by atoms with van der Waals surface area (Å²) in [6, 6.07) is 0.364. The van der Waals surface area contributed by atoms with Crippen LogP contribution in [0.2, 0.25) is 0 Å². The number of rotatable bonds is 2. The molecule has 1 atom stereocenters. The largest absolute Gasteiger partial charge is 0.495 e. The standard InChI is InChI=1S/C15H21NO2S/c1-10-6-3-4-9-16(10)15(17)14-13(18-2)11-7-5-8-12(11)19-14/h10H,3-9H2,1-2H3. The van der Waals surface area contributed by atoms with E-state index in [1.54, 1.807) is 18.4 Å². The molecule has 2 heterocycles. The summed E-state index contributed by atoms with van der Waals surface area (Å²) in [6.07, 6.45) is 6.87. The average molecular weight is 279 g/mol. The fourth-order valence-corrected chi connectivity index (χ4v) is 4.58. The molecule has 1 aliphatic carbocycles. The molecule has 19 heavy (non-hydrogen) atoms. The van der Waals surface area contributed by atoms with Gasteiger partial charge in [-0.2, -0.15) is 0 Å². The summed E-state index contributed by atoms with van der Waals surface area (Å²) >= 11 is 1.66. The maximum Gasteiger partial charge on any atom is 0.268 e. The van der Waals surface area contributed by atoms with Crippen LogP contribution in [0.15, 0.2) is 0 Å². The van der Waals surface area contributed by atoms with Crippen LogP contribution in [0.5, 0.6) is 5.75 Å². The highest BCUT2D eigenvalue weighted by molar-refractivity contribution is 7.14. The molecule has 3 rings (SSSR count). The van der Waals surface area contributed by atoms with Crippen LogP contribution in [0.3, 0.4) is 0 Å². The first-order chi connectivity index (χ1) is 9.22. The molecule has 1 unspecified atom stereocenters. The number of likely N-dealkylation sites (tertiary alicyclic amines) is 1. The molecule has 1 aromatic rings. The molecule has 4 heteroatoms. The number of nitrogens with zero attached hydrogens (tertiary/aromatic N) is 1. The molecule has 1 fully saturated rings. The molecule has 1 aromatic heterocycles. The number of piperidine rings is 1. The van der Waals surface area contributed by atoms with Crippen LogP contribution >= 0.6 is 11.3 Å². The van der Waals surface area contributed by atoms with Gasteiger partial charge in [-0.3, -0.25) is 4.79 Å². The van der Waals surface area contributed by atoms with Crippen molar-refractivity contribution in [2.45, 2.75) is 51.5 Å². The summed E-state index contributed by atoms with van der Waals surface area (Å²) in [5.74, 6) is 1.05. The summed E-state index contributed by atoms with van der Waals surface area (Å²) in [4.78, 5) is 17.0. The normalized spacial score (nSPS) is 22.4. The Morgan fingerprint density at radius 2 is 2.16 bits per heavy atom. The Hall–Kier alpha value is -1.03. The number of hydrogen-bond donors (Lipinski definition) is 0. The predicted octanol–water partition coefficient (Wildman–Crippen LogP) is 3.26. The van der Waals surface area contributed by atoms with E-state index in [1.165, 1.54) is 23.3 Å².